The highest BCUT2D eigenvalue weighted by Crippen LogP contribution is 2.15. The topological polar surface area (TPSA) is 54.9 Å². The minimum absolute atomic E-state index is 0.0649. The van der Waals surface area contributed by atoms with Gasteiger partial charge in [0.25, 0.3) is 0 Å². The van der Waals surface area contributed by atoms with Crippen LogP contribution in [0.2, 0.25) is 0 Å². The molecule has 0 bridgehead atoms. The second-order valence-electron chi connectivity index (χ2n) is 3.67. The van der Waals surface area contributed by atoms with Crippen LogP contribution >= 0.6 is 0 Å². The summed E-state index contributed by atoms with van der Waals surface area (Å²) in [6.45, 7) is 1.91. The molecule has 1 amide bonds. The van der Waals surface area contributed by atoms with Gasteiger partial charge in [0.2, 0.25) is 5.91 Å². The summed E-state index contributed by atoms with van der Waals surface area (Å²) in [6, 6.07) is 11.7. The van der Waals surface area contributed by atoms with E-state index < -0.39 is 0 Å². The molecule has 2 rings (SSSR count). The predicted molar refractivity (Wildman–Crippen MR) is 65.0 cm³/mol. The number of carbonyl (C=O) groups excluding carboxylic acids is 1. The minimum atomic E-state index is -0.0649. The maximum absolute atomic E-state index is 10.8. The van der Waals surface area contributed by atoms with E-state index in [1.807, 2.05) is 36.4 Å². The summed E-state index contributed by atoms with van der Waals surface area (Å²) in [5, 5.41) is 2.71. The molecular formula is C13H13N3O. The van der Waals surface area contributed by atoms with Crippen LogP contribution in [0.5, 0.6) is 0 Å². The normalized spacial score (nSPS) is 9.94. The van der Waals surface area contributed by atoms with Crippen LogP contribution in [0.15, 0.2) is 42.7 Å². The summed E-state index contributed by atoms with van der Waals surface area (Å²) < 4.78 is 0. The molecule has 1 aromatic carbocycles. The van der Waals surface area contributed by atoms with Gasteiger partial charge in [-0.15, -0.1) is 0 Å². The molecule has 4 nitrogen and oxygen atoms in total. The van der Waals surface area contributed by atoms with Crippen LogP contribution in [-0.2, 0) is 11.3 Å². The van der Waals surface area contributed by atoms with E-state index in [1.165, 1.54) is 13.3 Å². The lowest BCUT2D eigenvalue weighted by atomic mass is 10.1. The highest BCUT2D eigenvalue weighted by Gasteiger charge is 2.01. The van der Waals surface area contributed by atoms with Crippen LogP contribution in [0.3, 0.4) is 0 Å². The second-order valence-corrected chi connectivity index (χ2v) is 3.67. The Kier molecular flexibility index (Phi) is 3.45. The van der Waals surface area contributed by atoms with Crippen LogP contribution in [0.4, 0.5) is 0 Å². The lowest BCUT2D eigenvalue weighted by Gasteiger charge is -2.04. The fourth-order valence-corrected chi connectivity index (χ4v) is 1.48. The number of nitrogens with one attached hydrogen (secondary N) is 1. The Labute approximate surface area is 99.7 Å². The molecule has 1 aromatic heterocycles. The number of nitrogens with zero attached hydrogens (tertiary/aromatic N) is 2. The van der Waals surface area contributed by atoms with Crippen LogP contribution in [-0.4, -0.2) is 15.9 Å². The van der Waals surface area contributed by atoms with Crippen molar-refractivity contribution in [3.63, 3.8) is 0 Å². The maximum Gasteiger partial charge on any atom is 0.217 e. The average Bonchev–Trinajstić information content (AvgIpc) is 2.38. The zero-order valence-electron chi connectivity index (χ0n) is 9.55. The molecular weight excluding hydrogens is 214 g/mol. The van der Waals surface area contributed by atoms with Crippen LogP contribution in [0.1, 0.15) is 12.6 Å². The lowest BCUT2D eigenvalue weighted by Crippen LogP contribution is -2.19. The van der Waals surface area contributed by atoms with Crippen molar-refractivity contribution in [1.82, 2.24) is 15.3 Å². The molecule has 4 heteroatoms. The highest BCUT2D eigenvalue weighted by atomic mass is 16.1. The smallest absolute Gasteiger partial charge is 0.217 e. The lowest BCUT2D eigenvalue weighted by molar-refractivity contribution is -0.119. The molecule has 1 N–H and O–H groups in total. The molecule has 0 aliphatic carbocycles. The highest BCUT2D eigenvalue weighted by molar-refractivity contribution is 5.72. The molecule has 0 atom stereocenters. The minimum Gasteiger partial charge on any atom is -0.351 e. The molecule has 0 saturated heterocycles. The van der Waals surface area contributed by atoms with Crippen molar-refractivity contribution in [2.45, 2.75) is 13.5 Å². The summed E-state index contributed by atoms with van der Waals surface area (Å²) in [4.78, 5) is 19.1. The Morgan fingerprint density at radius 1 is 1.24 bits per heavy atom. The standard InChI is InChI=1S/C13H13N3O/c1-10(17)14-8-12-7-13(16-9-15-12)11-5-3-2-4-6-11/h2-7,9H,8H2,1H3,(H,14,17). The van der Waals surface area contributed by atoms with Crippen molar-refractivity contribution in [2.75, 3.05) is 0 Å². The van der Waals surface area contributed by atoms with Gasteiger partial charge in [-0.05, 0) is 6.07 Å². The van der Waals surface area contributed by atoms with E-state index in [0.717, 1.165) is 17.0 Å². The maximum atomic E-state index is 10.8. The van der Waals surface area contributed by atoms with E-state index in [2.05, 4.69) is 15.3 Å². The summed E-state index contributed by atoms with van der Waals surface area (Å²) in [5.74, 6) is -0.0649. The van der Waals surface area contributed by atoms with Crippen molar-refractivity contribution < 1.29 is 4.79 Å². The van der Waals surface area contributed by atoms with E-state index in [-0.39, 0.29) is 5.91 Å². The number of hydrogen-bond donors (Lipinski definition) is 1. The molecule has 17 heavy (non-hydrogen) atoms. The molecule has 0 saturated carbocycles. The SMILES string of the molecule is CC(=O)NCc1cc(-c2ccccc2)ncn1. The van der Waals surface area contributed by atoms with Gasteiger partial charge in [0.1, 0.15) is 6.33 Å². The largest absolute Gasteiger partial charge is 0.351 e. The van der Waals surface area contributed by atoms with Gasteiger partial charge in [0.15, 0.2) is 0 Å². The zero-order valence-corrected chi connectivity index (χ0v) is 9.55. The van der Waals surface area contributed by atoms with Crippen molar-refractivity contribution in [2.24, 2.45) is 0 Å². The quantitative estimate of drug-likeness (QED) is 0.869. The van der Waals surface area contributed by atoms with Crippen molar-refractivity contribution in [1.29, 1.82) is 0 Å². The molecule has 0 aliphatic heterocycles. The van der Waals surface area contributed by atoms with Gasteiger partial charge in [0.05, 0.1) is 17.9 Å². The Balaban J connectivity index is 2.20. The Hall–Kier alpha value is -2.23. The number of carbonyl (C=O) groups is 1. The van der Waals surface area contributed by atoms with Crippen molar-refractivity contribution in [3.8, 4) is 11.3 Å². The number of aromatic nitrogens is 2. The summed E-state index contributed by atoms with van der Waals surface area (Å²) >= 11 is 0. The molecule has 0 radical (unpaired) electrons. The predicted octanol–water partition coefficient (Wildman–Crippen LogP) is 1.78. The third-order valence-corrected chi connectivity index (χ3v) is 2.31. The van der Waals surface area contributed by atoms with Crippen molar-refractivity contribution >= 4 is 5.91 Å². The molecule has 86 valence electrons. The number of benzene rings is 1. The Morgan fingerprint density at radius 3 is 2.71 bits per heavy atom. The van der Waals surface area contributed by atoms with Crippen LogP contribution in [0.25, 0.3) is 11.3 Å². The van der Waals surface area contributed by atoms with Gasteiger partial charge in [-0.25, -0.2) is 9.97 Å². The average molecular weight is 227 g/mol. The molecule has 0 unspecified atom stereocenters. The molecule has 2 aromatic rings. The molecule has 0 aliphatic rings. The van der Waals surface area contributed by atoms with E-state index in [4.69, 9.17) is 0 Å². The van der Waals surface area contributed by atoms with Gasteiger partial charge < -0.3 is 5.32 Å². The third kappa shape index (κ3) is 3.11. The van der Waals surface area contributed by atoms with Crippen LogP contribution < -0.4 is 5.32 Å². The van der Waals surface area contributed by atoms with Crippen LogP contribution in [0, 0.1) is 0 Å². The second kappa shape index (κ2) is 5.21. The third-order valence-electron chi connectivity index (χ3n) is 2.31. The first kappa shape index (κ1) is 11.3. The fraction of sp³-hybridized carbons (Fsp3) is 0.154. The van der Waals surface area contributed by atoms with Gasteiger partial charge in [-0.2, -0.15) is 0 Å². The first-order valence-electron chi connectivity index (χ1n) is 5.36. The van der Waals surface area contributed by atoms with Gasteiger partial charge in [-0.3, -0.25) is 4.79 Å². The van der Waals surface area contributed by atoms with E-state index in [0.29, 0.717) is 6.54 Å². The Bertz CT molecular complexity index is 511. The van der Waals surface area contributed by atoms with E-state index in [1.54, 1.807) is 0 Å². The summed E-state index contributed by atoms with van der Waals surface area (Å²) in [6.07, 6.45) is 1.51. The van der Waals surface area contributed by atoms with Gasteiger partial charge >= 0.3 is 0 Å². The van der Waals surface area contributed by atoms with E-state index >= 15 is 0 Å². The molecule has 1 heterocycles. The summed E-state index contributed by atoms with van der Waals surface area (Å²) in [7, 11) is 0. The fourth-order valence-electron chi connectivity index (χ4n) is 1.48. The summed E-state index contributed by atoms with van der Waals surface area (Å²) in [5.41, 5.74) is 2.70. The first-order valence-corrected chi connectivity index (χ1v) is 5.36. The number of hydrogen-bond acceptors (Lipinski definition) is 3. The van der Waals surface area contributed by atoms with Gasteiger partial charge in [-0.1, -0.05) is 30.3 Å². The first-order chi connectivity index (χ1) is 8.25. The molecule has 0 fully saturated rings. The number of amides is 1. The monoisotopic (exact) mass is 227 g/mol. The van der Waals surface area contributed by atoms with Crippen molar-refractivity contribution in [3.05, 3.63) is 48.4 Å². The molecule has 0 spiro atoms. The Morgan fingerprint density at radius 2 is 2.00 bits per heavy atom. The zero-order chi connectivity index (χ0) is 12.1. The number of rotatable bonds is 3. The van der Waals surface area contributed by atoms with Gasteiger partial charge in [0, 0.05) is 12.5 Å². The van der Waals surface area contributed by atoms with E-state index in [9.17, 15) is 4.79 Å².